The molecule has 1 aromatic carbocycles. The summed E-state index contributed by atoms with van der Waals surface area (Å²) in [5.74, 6) is -5.36. The van der Waals surface area contributed by atoms with Crippen molar-refractivity contribution in [1.82, 2.24) is 0 Å². The standard InChI is InChI=1S/C8H5BF2O5/c10-3-1-4-7(16-9(14)2-15-4)5(6(3)11)8(12)13/h1,14H,2H2,(H,12,13). The smallest absolute Gasteiger partial charge is 0.531 e. The van der Waals surface area contributed by atoms with Gasteiger partial charge in [0.15, 0.2) is 23.1 Å². The largest absolute Gasteiger partial charge is 0.563 e. The normalized spacial score (nSPS) is 13.8. The number of halogens is 2. The average molecular weight is 230 g/mol. The first-order valence-corrected chi connectivity index (χ1v) is 4.23. The van der Waals surface area contributed by atoms with Crippen molar-refractivity contribution in [3.05, 3.63) is 23.3 Å². The van der Waals surface area contributed by atoms with Gasteiger partial charge in [-0.1, -0.05) is 0 Å². The zero-order valence-corrected chi connectivity index (χ0v) is 7.74. The molecule has 84 valence electrons. The van der Waals surface area contributed by atoms with Crippen molar-refractivity contribution in [2.24, 2.45) is 0 Å². The van der Waals surface area contributed by atoms with E-state index < -0.39 is 36.0 Å². The molecule has 1 aromatic rings. The maximum absolute atomic E-state index is 13.2. The predicted molar refractivity (Wildman–Crippen MR) is 47.4 cm³/mol. The summed E-state index contributed by atoms with van der Waals surface area (Å²) >= 11 is 0. The van der Waals surface area contributed by atoms with Crippen molar-refractivity contribution in [1.29, 1.82) is 0 Å². The van der Waals surface area contributed by atoms with Crippen LogP contribution in [0.1, 0.15) is 10.4 Å². The van der Waals surface area contributed by atoms with Crippen LogP contribution in [-0.4, -0.2) is 29.7 Å². The van der Waals surface area contributed by atoms with Crippen molar-refractivity contribution in [2.75, 3.05) is 6.51 Å². The van der Waals surface area contributed by atoms with E-state index in [4.69, 9.17) is 19.5 Å². The second-order valence-corrected chi connectivity index (χ2v) is 3.06. The quantitative estimate of drug-likeness (QED) is 0.685. The van der Waals surface area contributed by atoms with E-state index in [0.29, 0.717) is 6.07 Å². The summed E-state index contributed by atoms with van der Waals surface area (Å²) in [4.78, 5) is 10.7. The van der Waals surface area contributed by atoms with Crippen LogP contribution in [0.2, 0.25) is 0 Å². The topological polar surface area (TPSA) is 76.0 Å². The number of carboxylic acid groups (broad SMARTS) is 1. The third kappa shape index (κ3) is 1.56. The molecule has 0 aromatic heterocycles. The molecular weight excluding hydrogens is 225 g/mol. The van der Waals surface area contributed by atoms with Crippen molar-refractivity contribution < 1.29 is 33.1 Å². The highest BCUT2D eigenvalue weighted by Gasteiger charge is 2.33. The first-order chi connectivity index (χ1) is 7.50. The van der Waals surface area contributed by atoms with Crippen LogP contribution in [0.25, 0.3) is 0 Å². The van der Waals surface area contributed by atoms with Crippen molar-refractivity contribution >= 4 is 13.1 Å². The number of fused-ring (bicyclic) bond motifs is 1. The summed E-state index contributed by atoms with van der Waals surface area (Å²) in [5, 5.41) is 17.8. The Hall–Kier alpha value is -1.83. The van der Waals surface area contributed by atoms with Crippen LogP contribution in [0.4, 0.5) is 8.78 Å². The Bertz CT molecular complexity index is 464. The molecular formula is C8H5BF2O5. The Morgan fingerprint density at radius 2 is 2.19 bits per heavy atom. The van der Waals surface area contributed by atoms with Gasteiger partial charge in [0.1, 0.15) is 12.1 Å². The summed E-state index contributed by atoms with van der Waals surface area (Å²) in [6, 6.07) is 0.670. The van der Waals surface area contributed by atoms with Gasteiger partial charge in [0.05, 0.1) is 0 Å². The Labute approximate surface area is 88.4 Å². The molecule has 1 heterocycles. The van der Waals surface area contributed by atoms with Gasteiger partial charge in [0.2, 0.25) is 0 Å². The first kappa shape index (κ1) is 10.7. The second-order valence-electron chi connectivity index (χ2n) is 3.06. The fourth-order valence-electron chi connectivity index (χ4n) is 1.33. The van der Waals surface area contributed by atoms with E-state index in [0.717, 1.165) is 0 Å². The van der Waals surface area contributed by atoms with E-state index in [-0.39, 0.29) is 12.3 Å². The minimum absolute atomic E-state index is 0.249. The number of aromatic carboxylic acids is 1. The molecule has 0 atom stereocenters. The minimum Gasteiger partial charge on any atom is -0.531 e. The van der Waals surface area contributed by atoms with Gasteiger partial charge in [-0.05, 0) is 0 Å². The van der Waals surface area contributed by atoms with E-state index in [1.807, 2.05) is 0 Å². The van der Waals surface area contributed by atoms with Gasteiger partial charge in [0.25, 0.3) is 0 Å². The molecule has 0 radical (unpaired) electrons. The lowest BCUT2D eigenvalue weighted by atomic mass is 9.91. The van der Waals surface area contributed by atoms with Crippen LogP contribution in [0, 0.1) is 11.6 Å². The summed E-state index contributed by atoms with van der Waals surface area (Å²) in [6.07, 6.45) is 0. The second kappa shape index (κ2) is 3.64. The van der Waals surface area contributed by atoms with Gasteiger partial charge in [-0.3, -0.25) is 0 Å². The fourth-order valence-corrected chi connectivity index (χ4v) is 1.33. The number of carbonyl (C=O) groups is 1. The Morgan fingerprint density at radius 3 is 2.81 bits per heavy atom. The van der Waals surface area contributed by atoms with E-state index >= 15 is 0 Å². The Morgan fingerprint density at radius 1 is 1.50 bits per heavy atom. The molecule has 2 N–H and O–H groups in total. The van der Waals surface area contributed by atoms with Crippen LogP contribution >= 0.6 is 0 Å². The molecule has 0 unspecified atom stereocenters. The number of carboxylic acids is 1. The maximum atomic E-state index is 13.2. The van der Waals surface area contributed by atoms with Crippen LogP contribution in [0.15, 0.2) is 6.07 Å². The molecule has 8 heteroatoms. The van der Waals surface area contributed by atoms with Gasteiger partial charge in [-0.2, -0.15) is 0 Å². The van der Waals surface area contributed by atoms with Crippen LogP contribution in [-0.2, 0) is 0 Å². The highest BCUT2D eigenvalue weighted by Crippen LogP contribution is 2.37. The van der Waals surface area contributed by atoms with Gasteiger partial charge >= 0.3 is 13.1 Å². The summed E-state index contributed by atoms with van der Waals surface area (Å²) in [7, 11) is -1.41. The molecule has 5 nitrogen and oxygen atoms in total. The summed E-state index contributed by atoms with van der Waals surface area (Å²) in [5.41, 5.74) is -0.992. The molecule has 0 bridgehead atoms. The Balaban J connectivity index is 2.65. The maximum Gasteiger partial charge on any atom is 0.563 e. The van der Waals surface area contributed by atoms with Crippen molar-refractivity contribution in [3.8, 4) is 11.5 Å². The number of hydrogen-bond acceptors (Lipinski definition) is 4. The van der Waals surface area contributed by atoms with E-state index in [9.17, 15) is 13.6 Å². The van der Waals surface area contributed by atoms with Gasteiger partial charge in [-0.15, -0.1) is 0 Å². The predicted octanol–water partition coefficient (Wildman–Crippen LogP) is 0.454. The molecule has 0 saturated carbocycles. The third-order valence-electron chi connectivity index (χ3n) is 1.99. The molecule has 0 saturated heterocycles. The van der Waals surface area contributed by atoms with E-state index in [1.54, 1.807) is 0 Å². The molecule has 0 aliphatic carbocycles. The molecule has 0 spiro atoms. The van der Waals surface area contributed by atoms with Crippen molar-refractivity contribution in [3.63, 3.8) is 0 Å². The highest BCUT2D eigenvalue weighted by molar-refractivity contribution is 6.44. The number of benzene rings is 1. The summed E-state index contributed by atoms with van der Waals surface area (Å²) < 4.78 is 35.7. The van der Waals surface area contributed by atoms with Gasteiger partial charge in [0, 0.05) is 6.07 Å². The zero-order chi connectivity index (χ0) is 11.9. The van der Waals surface area contributed by atoms with Crippen LogP contribution < -0.4 is 9.39 Å². The van der Waals surface area contributed by atoms with E-state index in [1.165, 1.54) is 0 Å². The van der Waals surface area contributed by atoms with Gasteiger partial charge in [-0.25, -0.2) is 13.6 Å². The lowest BCUT2D eigenvalue weighted by Gasteiger charge is -2.22. The first-order valence-electron chi connectivity index (χ1n) is 4.23. The lowest BCUT2D eigenvalue weighted by molar-refractivity contribution is 0.0686. The lowest BCUT2D eigenvalue weighted by Crippen LogP contribution is -2.35. The highest BCUT2D eigenvalue weighted by atomic mass is 19.2. The third-order valence-corrected chi connectivity index (χ3v) is 1.99. The monoisotopic (exact) mass is 230 g/mol. The minimum atomic E-state index is -1.70. The SMILES string of the molecule is O=C(O)c1c(F)c(F)cc2c1OB(O)CO2. The van der Waals surface area contributed by atoms with Crippen LogP contribution in [0.5, 0.6) is 11.5 Å². The molecule has 2 rings (SSSR count). The molecule has 1 aliphatic heterocycles. The Kier molecular flexibility index (Phi) is 2.43. The fraction of sp³-hybridized carbons (Fsp3) is 0.125. The average Bonchev–Trinajstić information content (AvgIpc) is 2.20. The number of rotatable bonds is 1. The zero-order valence-electron chi connectivity index (χ0n) is 7.74. The molecule has 16 heavy (non-hydrogen) atoms. The molecule has 0 amide bonds. The number of hydrogen-bond donors (Lipinski definition) is 2. The number of ether oxygens (including phenoxy) is 1. The molecule has 0 fully saturated rings. The van der Waals surface area contributed by atoms with Crippen molar-refractivity contribution in [2.45, 2.75) is 0 Å². The van der Waals surface area contributed by atoms with E-state index in [2.05, 4.69) is 0 Å². The molecule has 1 aliphatic rings. The summed E-state index contributed by atoms with van der Waals surface area (Å²) in [6.45, 7) is -0.281. The van der Waals surface area contributed by atoms with Gasteiger partial charge < -0.3 is 19.5 Å². The van der Waals surface area contributed by atoms with Crippen LogP contribution in [0.3, 0.4) is 0 Å².